The summed E-state index contributed by atoms with van der Waals surface area (Å²) in [5.41, 5.74) is 1.02. The molecule has 0 saturated carbocycles. The van der Waals surface area contributed by atoms with Gasteiger partial charge in [-0.2, -0.15) is 0 Å². The molecule has 8 heteroatoms. The van der Waals surface area contributed by atoms with E-state index in [9.17, 15) is 13.2 Å². The normalized spacial score (nSPS) is 19.1. The first-order valence-corrected chi connectivity index (χ1v) is 6.92. The quantitative estimate of drug-likeness (QED) is 0.458. The van der Waals surface area contributed by atoms with Gasteiger partial charge in [0.2, 0.25) is 10.0 Å². The van der Waals surface area contributed by atoms with Gasteiger partial charge in [0.15, 0.2) is 0 Å². The van der Waals surface area contributed by atoms with Crippen LogP contribution in [0.3, 0.4) is 0 Å². The van der Waals surface area contributed by atoms with Crippen LogP contribution in [-0.4, -0.2) is 45.2 Å². The number of oxime groups is 1. The summed E-state index contributed by atoms with van der Waals surface area (Å²) in [6.45, 7) is 0. The molecule has 0 unspecified atom stereocenters. The lowest BCUT2D eigenvalue weighted by molar-refractivity contribution is 0.0600. The number of hydrogen-bond acceptors (Lipinski definition) is 6. The molecule has 0 radical (unpaired) electrons. The minimum Gasteiger partial charge on any atom is -0.465 e. The van der Waals surface area contributed by atoms with Gasteiger partial charge in [0.1, 0.15) is 11.5 Å². The summed E-state index contributed by atoms with van der Waals surface area (Å²) in [6, 6.07) is 4.41. The van der Waals surface area contributed by atoms with Gasteiger partial charge in [-0.1, -0.05) is 11.2 Å². The minimum absolute atomic E-state index is 0.0458. The molecular weight excluding hydrogens is 272 g/mol. The number of esters is 1. The maximum Gasteiger partial charge on any atom is 0.337 e. The number of anilines is 1. The molecule has 1 aromatic rings. The highest BCUT2D eigenvalue weighted by molar-refractivity contribution is 7.93. The first-order valence-electron chi connectivity index (χ1n) is 5.31. The first-order chi connectivity index (χ1) is 8.90. The Hall–Kier alpha value is -2.09. The Kier molecular flexibility index (Phi) is 3.19. The third kappa shape index (κ3) is 2.14. The second kappa shape index (κ2) is 4.54. The molecule has 0 aliphatic carbocycles. The molecule has 0 fully saturated rings. The van der Waals surface area contributed by atoms with E-state index >= 15 is 0 Å². The van der Waals surface area contributed by atoms with Crippen molar-refractivity contribution < 1.29 is 23.2 Å². The van der Waals surface area contributed by atoms with Crippen molar-refractivity contribution in [3.63, 3.8) is 0 Å². The molecule has 1 aliphatic rings. The highest BCUT2D eigenvalue weighted by Crippen LogP contribution is 2.29. The predicted octanol–water partition coefficient (Wildman–Crippen LogP) is 0.431. The summed E-state index contributed by atoms with van der Waals surface area (Å²) in [6.07, 6.45) is 0. The number of benzene rings is 1. The molecule has 0 atom stereocenters. The molecule has 19 heavy (non-hydrogen) atoms. The summed E-state index contributed by atoms with van der Waals surface area (Å²) in [5.74, 6) is -0.952. The van der Waals surface area contributed by atoms with Gasteiger partial charge in [0.25, 0.3) is 0 Å². The Labute approximate surface area is 110 Å². The third-order valence-corrected chi connectivity index (χ3v) is 4.60. The average molecular weight is 284 g/mol. The summed E-state index contributed by atoms with van der Waals surface area (Å²) in [4.78, 5) is 11.4. The molecule has 102 valence electrons. The minimum atomic E-state index is -3.59. The molecule has 1 heterocycles. The molecule has 7 nitrogen and oxygen atoms in total. The van der Waals surface area contributed by atoms with Crippen LogP contribution in [0.15, 0.2) is 23.4 Å². The van der Waals surface area contributed by atoms with Crippen molar-refractivity contribution in [3.05, 3.63) is 29.3 Å². The fourth-order valence-corrected chi connectivity index (χ4v) is 3.06. The lowest BCUT2D eigenvalue weighted by Gasteiger charge is -2.27. The van der Waals surface area contributed by atoms with E-state index in [1.807, 2.05) is 0 Å². The summed E-state index contributed by atoms with van der Waals surface area (Å²) >= 11 is 0. The van der Waals surface area contributed by atoms with Crippen molar-refractivity contribution in [1.82, 2.24) is 0 Å². The van der Waals surface area contributed by atoms with E-state index in [-0.39, 0.29) is 22.7 Å². The Morgan fingerprint density at radius 2 is 2.16 bits per heavy atom. The number of fused-ring (bicyclic) bond motifs is 1. The fourth-order valence-electron chi connectivity index (χ4n) is 1.86. The molecule has 0 amide bonds. The van der Waals surface area contributed by atoms with Crippen molar-refractivity contribution >= 4 is 27.4 Å². The zero-order valence-corrected chi connectivity index (χ0v) is 11.1. The van der Waals surface area contributed by atoms with Crippen molar-refractivity contribution in [1.29, 1.82) is 0 Å². The van der Waals surface area contributed by atoms with Gasteiger partial charge in [-0.15, -0.1) is 0 Å². The number of nitrogens with zero attached hydrogens (tertiary/aromatic N) is 2. The maximum atomic E-state index is 11.9. The van der Waals surface area contributed by atoms with Crippen molar-refractivity contribution in [2.45, 2.75) is 0 Å². The van der Waals surface area contributed by atoms with Crippen LogP contribution in [0, 0.1) is 0 Å². The van der Waals surface area contributed by atoms with Crippen molar-refractivity contribution in [2.75, 3.05) is 24.2 Å². The molecule has 0 bridgehead atoms. The number of carbonyl (C=O) groups excluding carboxylic acids is 1. The van der Waals surface area contributed by atoms with Gasteiger partial charge >= 0.3 is 5.97 Å². The number of methoxy groups -OCH3 is 1. The van der Waals surface area contributed by atoms with Gasteiger partial charge in [0, 0.05) is 12.6 Å². The highest BCUT2D eigenvalue weighted by atomic mass is 32.2. The third-order valence-electron chi connectivity index (χ3n) is 2.93. The zero-order chi connectivity index (χ0) is 14.2. The van der Waals surface area contributed by atoms with Gasteiger partial charge < -0.3 is 9.94 Å². The Morgan fingerprint density at radius 1 is 1.47 bits per heavy atom. The second-order valence-electron chi connectivity index (χ2n) is 3.99. The van der Waals surface area contributed by atoms with Crippen molar-refractivity contribution in [2.24, 2.45) is 5.16 Å². The van der Waals surface area contributed by atoms with E-state index in [4.69, 9.17) is 5.21 Å². The van der Waals surface area contributed by atoms with E-state index in [2.05, 4.69) is 9.89 Å². The Morgan fingerprint density at radius 3 is 2.74 bits per heavy atom. The Bertz CT molecular complexity index is 666. The molecule has 0 saturated heterocycles. The summed E-state index contributed by atoms with van der Waals surface area (Å²) in [5, 5.41) is 11.9. The Balaban J connectivity index is 2.65. The molecule has 0 spiro atoms. The number of rotatable bonds is 1. The van der Waals surface area contributed by atoms with Crippen LogP contribution in [0.1, 0.15) is 15.9 Å². The van der Waals surface area contributed by atoms with E-state index < -0.39 is 16.0 Å². The molecule has 1 aliphatic heterocycles. The largest absolute Gasteiger partial charge is 0.465 e. The number of ether oxygens (including phenoxy) is 1. The van der Waals surface area contributed by atoms with E-state index in [1.165, 1.54) is 32.4 Å². The van der Waals surface area contributed by atoms with Crippen LogP contribution >= 0.6 is 0 Å². The summed E-state index contributed by atoms with van der Waals surface area (Å²) in [7, 11) is -0.978. The van der Waals surface area contributed by atoms with Crippen LogP contribution < -0.4 is 4.31 Å². The highest BCUT2D eigenvalue weighted by Gasteiger charge is 2.32. The van der Waals surface area contributed by atoms with Crippen LogP contribution in [-0.2, 0) is 14.8 Å². The molecule has 1 aromatic carbocycles. The molecule has 2 rings (SSSR count). The lowest BCUT2D eigenvalue weighted by Crippen LogP contribution is -2.38. The SMILES string of the molecule is COC(=O)c1ccc2c(c1)N(C)S(=O)(=O)CC2=NO. The second-order valence-corrected chi connectivity index (χ2v) is 5.99. The first kappa shape index (κ1) is 13.3. The van der Waals surface area contributed by atoms with Crippen LogP contribution in [0.4, 0.5) is 5.69 Å². The van der Waals surface area contributed by atoms with Crippen LogP contribution in [0.25, 0.3) is 0 Å². The molecule has 0 aromatic heterocycles. The van der Waals surface area contributed by atoms with Crippen LogP contribution in [0.2, 0.25) is 0 Å². The molecular formula is C11H12N2O5S. The number of sulfonamides is 1. The fraction of sp³-hybridized carbons (Fsp3) is 0.273. The monoisotopic (exact) mass is 284 g/mol. The topological polar surface area (TPSA) is 96.3 Å². The number of carbonyl (C=O) groups is 1. The van der Waals surface area contributed by atoms with E-state index in [0.29, 0.717) is 5.56 Å². The van der Waals surface area contributed by atoms with Crippen molar-refractivity contribution in [3.8, 4) is 0 Å². The van der Waals surface area contributed by atoms with Gasteiger partial charge in [0.05, 0.1) is 18.4 Å². The standard InChI is InChI=1S/C11H12N2O5S/c1-13-10-5-7(11(14)18-2)3-4-8(10)9(12-15)6-19(13,16)17/h3-5,15H,6H2,1-2H3. The van der Waals surface area contributed by atoms with Crippen LogP contribution in [0.5, 0.6) is 0 Å². The molecule has 1 N–H and O–H groups in total. The van der Waals surface area contributed by atoms with E-state index in [0.717, 1.165) is 4.31 Å². The van der Waals surface area contributed by atoms with Gasteiger partial charge in [-0.3, -0.25) is 4.31 Å². The van der Waals surface area contributed by atoms with Gasteiger partial charge in [-0.05, 0) is 12.1 Å². The number of hydrogen-bond donors (Lipinski definition) is 1. The maximum absolute atomic E-state index is 11.9. The smallest absolute Gasteiger partial charge is 0.337 e. The van der Waals surface area contributed by atoms with E-state index in [1.54, 1.807) is 0 Å². The average Bonchev–Trinajstić information content (AvgIpc) is 2.41. The lowest BCUT2D eigenvalue weighted by atomic mass is 10.1. The summed E-state index contributed by atoms with van der Waals surface area (Å²) < 4.78 is 29.4. The zero-order valence-electron chi connectivity index (χ0n) is 10.3. The van der Waals surface area contributed by atoms with Gasteiger partial charge in [-0.25, -0.2) is 13.2 Å². The predicted molar refractivity (Wildman–Crippen MR) is 68.3 cm³/mol.